The molecule has 4 heteroatoms. The Morgan fingerprint density at radius 2 is 1.56 bits per heavy atom. The van der Waals surface area contributed by atoms with Crippen LogP contribution in [0.4, 0.5) is 0 Å². The Bertz CT molecular complexity index is 218. The molecule has 0 radical (unpaired) electrons. The Morgan fingerprint density at radius 1 is 0.938 bits per heavy atom. The molecule has 2 aliphatic rings. The molecule has 2 aliphatic heterocycles. The molecule has 2 rings (SSSR count). The summed E-state index contributed by atoms with van der Waals surface area (Å²) in [6.45, 7) is 6.65. The summed E-state index contributed by atoms with van der Waals surface area (Å²) in [6.07, 6.45) is 4.95. The number of amides is 1. The summed E-state index contributed by atoms with van der Waals surface area (Å²) in [5.41, 5.74) is 0. The Hall–Kier alpha value is -0.610. The van der Waals surface area contributed by atoms with Gasteiger partial charge < -0.3 is 10.2 Å². The number of rotatable bonds is 2. The Balaban J connectivity index is 1.76. The number of hydrogen-bond donors (Lipinski definition) is 1. The van der Waals surface area contributed by atoms with E-state index in [0.717, 1.165) is 39.3 Å². The number of hydrogen-bond acceptors (Lipinski definition) is 3. The molecular weight excluding hydrogens is 202 g/mol. The third-order valence-corrected chi connectivity index (χ3v) is 3.53. The number of nitrogens with zero attached hydrogens (tertiary/aromatic N) is 2. The van der Waals surface area contributed by atoms with Gasteiger partial charge in [0.1, 0.15) is 0 Å². The average molecular weight is 225 g/mol. The van der Waals surface area contributed by atoms with E-state index >= 15 is 0 Å². The summed E-state index contributed by atoms with van der Waals surface area (Å²) in [5, 5.41) is 3.31. The first-order valence-electron chi connectivity index (χ1n) is 6.57. The minimum absolute atomic E-state index is 0.337. The van der Waals surface area contributed by atoms with Gasteiger partial charge in [0.25, 0.3) is 0 Å². The summed E-state index contributed by atoms with van der Waals surface area (Å²) in [7, 11) is 0. The average Bonchev–Trinajstić information content (AvgIpc) is 2.59. The molecule has 0 aromatic rings. The molecule has 16 heavy (non-hydrogen) atoms. The highest BCUT2D eigenvalue weighted by molar-refractivity contribution is 5.78. The van der Waals surface area contributed by atoms with E-state index in [9.17, 15) is 4.79 Å². The first-order chi connectivity index (χ1) is 7.86. The smallest absolute Gasteiger partial charge is 0.236 e. The van der Waals surface area contributed by atoms with Gasteiger partial charge >= 0.3 is 0 Å². The topological polar surface area (TPSA) is 35.6 Å². The fraction of sp³-hybridized carbons (Fsp3) is 0.917. The zero-order valence-electron chi connectivity index (χ0n) is 10.1. The van der Waals surface area contributed by atoms with E-state index < -0.39 is 0 Å². The van der Waals surface area contributed by atoms with Crippen LogP contribution in [-0.4, -0.2) is 61.5 Å². The van der Waals surface area contributed by atoms with Crippen molar-refractivity contribution >= 4 is 5.91 Å². The number of carbonyl (C=O) groups excluding carboxylic acids is 1. The lowest BCUT2D eigenvalue weighted by Crippen LogP contribution is -2.48. The van der Waals surface area contributed by atoms with E-state index in [-0.39, 0.29) is 0 Å². The van der Waals surface area contributed by atoms with Gasteiger partial charge in [-0.05, 0) is 12.8 Å². The zero-order chi connectivity index (χ0) is 11.2. The van der Waals surface area contributed by atoms with Crippen LogP contribution in [0.5, 0.6) is 0 Å². The molecule has 0 unspecified atom stereocenters. The van der Waals surface area contributed by atoms with Crippen LogP contribution in [0.2, 0.25) is 0 Å². The maximum atomic E-state index is 12.1. The van der Waals surface area contributed by atoms with Crippen LogP contribution in [0, 0.1) is 0 Å². The predicted molar refractivity (Wildman–Crippen MR) is 64.4 cm³/mol. The Morgan fingerprint density at radius 3 is 2.19 bits per heavy atom. The summed E-state index contributed by atoms with van der Waals surface area (Å²) < 4.78 is 0. The third kappa shape index (κ3) is 3.46. The van der Waals surface area contributed by atoms with Crippen molar-refractivity contribution in [1.29, 1.82) is 0 Å². The van der Waals surface area contributed by atoms with Crippen LogP contribution in [0.25, 0.3) is 0 Å². The fourth-order valence-electron chi connectivity index (χ4n) is 2.48. The molecule has 2 heterocycles. The van der Waals surface area contributed by atoms with E-state index in [2.05, 4.69) is 15.1 Å². The number of likely N-dealkylation sites (tertiary alicyclic amines) is 1. The van der Waals surface area contributed by atoms with Crippen LogP contribution in [0.3, 0.4) is 0 Å². The van der Waals surface area contributed by atoms with E-state index in [1.54, 1.807) is 0 Å². The lowest BCUT2D eigenvalue weighted by molar-refractivity contribution is -0.132. The number of carbonyl (C=O) groups is 1. The minimum atomic E-state index is 0.337. The quantitative estimate of drug-likeness (QED) is 0.734. The minimum Gasteiger partial charge on any atom is -0.342 e. The summed E-state index contributed by atoms with van der Waals surface area (Å²) >= 11 is 0. The van der Waals surface area contributed by atoms with Gasteiger partial charge in [0.05, 0.1) is 6.54 Å². The molecule has 2 fully saturated rings. The third-order valence-electron chi connectivity index (χ3n) is 3.53. The SMILES string of the molecule is O=C(CN1CCNCC1)N1CCCCCC1. The second-order valence-corrected chi connectivity index (χ2v) is 4.82. The fourth-order valence-corrected chi connectivity index (χ4v) is 2.48. The zero-order valence-corrected chi connectivity index (χ0v) is 10.1. The first-order valence-corrected chi connectivity index (χ1v) is 6.57. The molecule has 0 aliphatic carbocycles. The molecule has 0 saturated carbocycles. The van der Waals surface area contributed by atoms with Crippen molar-refractivity contribution in [3.05, 3.63) is 0 Å². The van der Waals surface area contributed by atoms with Gasteiger partial charge in [-0.2, -0.15) is 0 Å². The largest absolute Gasteiger partial charge is 0.342 e. The van der Waals surface area contributed by atoms with E-state index in [4.69, 9.17) is 0 Å². The van der Waals surface area contributed by atoms with Gasteiger partial charge in [0.15, 0.2) is 0 Å². The molecule has 1 N–H and O–H groups in total. The van der Waals surface area contributed by atoms with E-state index in [0.29, 0.717) is 12.5 Å². The van der Waals surface area contributed by atoms with Crippen molar-refractivity contribution in [3.63, 3.8) is 0 Å². The molecule has 92 valence electrons. The van der Waals surface area contributed by atoms with Gasteiger partial charge in [-0.1, -0.05) is 12.8 Å². The van der Waals surface area contributed by atoms with Gasteiger partial charge in [0.2, 0.25) is 5.91 Å². The normalized spacial score (nSPS) is 24.1. The molecule has 0 spiro atoms. The van der Waals surface area contributed by atoms with Gasteiger partial charge in [0, 0.05) is 39.3 Å². The van der Waals surface area contributed by atoms with Gasteiger partial charge in [-0.15, -0.1) is 0 Å². The monoisotopic (exact) mass is 225 g/mol. The van der Waals surface area contributed by atoms with Gasteiger partial charge in [-0.25, -0.2) is 0 Å². The molecule has 2 saturated heterocycles. The highest BCUT2D eigenvalue weighted by Crippen LogP contribution is 2.10. The maximum Gasteiger partial charge on any atom is 0.236 e. The van der Waals surface area contributed by atoms with Crippen molar-refractivity contribution < 1.29 is 4.79 Å². The molecule has 0 aromatic heterocycles. The number of piperazine rings is 1. The van der Waals surface area contributed by atoms with Crippen LogP contribution in [0.1, 0.15) is 25.7 Å². The summed E-state index contributed by atoms with van der Waals surface area (Å²) in [6, 6.07) is 0. The summed E-state index contributed by atoms with van der Waals surface area (Å²) in [5.74, 6) is 0.337. The molecule has 4 nitrogen and oxygen atoms in total. The van der Waals surface area contributed by atoms with Crippen LogP contribution in [0.15, 0.2) is 0 Å². The maximum absolute atomic E-state index is 12.1. The van der Waals surface area contributed by atoms with Crippen molar-refractivity contribution in [1.82, 2.24) is 15.1 Å². The molecule has 0 aromatic carbocycles. The van der Waals surface area contributed by atoms with Crippen molar-refractivity contribution in [2.24, 2.45) is 0 Å². The molecular formula is C12H23N3O. The Labute approximate surface area is 98.0 Å². The predicted octanol–water partition coefficient (Wildman–Crippen LogP) is 0.294. The first kappa shape index (κ1) is 11.9. The highest BCUT2D eigenvalue weighted by atomic mass is 16.2. The number of nitrogens with one attached hydrogen (secondary N) is 1. The molecule has 0 atom stereocenters. The highest BCUT2D eigenvalue weighted by Gasteiger charge is 2.19. The van der Waals surface area contributed by atoms with Crippen LogP contribution >= 0.6 is 0 Å². The standard InChI is InChI=1S/C12H23N3O/c16-12(11-14-9-5-13-6-10-14)15-7-3-1-2-4-8-15/h13H,1-11H2. The van der Waals surface area contributed by atoms with Gasteiger partial charge in [-0.3, -0.25) is 9.69 Å². The van der Waals surface area contributed by atoms with Crippen LogP contribution in [-0.2, 0) is 4.79 Å². The second-order valence-electron chi connectivity index (χ2n) is 4.82. The van der Waals surface area contributed by atoms with Crippen LogP contribution < -0.4 is 5.32 Å². The van der Waals surface area contributed by atoms with E-state index in [1.807, 2.05) is 0 Å². The van der Waals surface area contributed by atoms with Crippen molar-refractivity contribution in [2.45, 2.75) is 25.7 Å². The van der Waals surface area contributed by atoms with Crippen molar-refractivity contribution in [2.75, 3.05) is 45.8 Å². The van der Waals surface area contributed by atoms with E-state index in [1.165, 1.54) is 25.7 Å². The summed E-state index contributed by atoms with van der Waals surface area (Å²) in [4.78, 5) is 16.4. The second kappa shape index (κ2) is 6.21. The van der Waals surface area contributed by atoms with Crippen molar-refractivity contribution in [3.8, 4) is 0 Å². The lowest BCUT2D eigenvalue weighted by atomic mass is 10.2. The Kier molecular flexibility index (Phi) is 4.60. The molecule has 0 bridgehead atoms. The molecule has 1 amide bonds. The lowest BCUT2D eigenvalue weighted by Gasteiger charge is -2.29.